The first-order valence-corrected chi connectivity index (χ1v) is 11.4. The fourth-order valence-corrected chi connectivity index (χ4v) is 7.30. The smallest absolute Gasteiger partial charge is 0.303 e. The van der Waals surface area contributed by atoms with Crippen LogP contribution in [0.25, 0.3) is 0 Å². The Morgan fingerprint density at radius 3 is 2.70 bits per heavy atom. The molecule has 2 fully saturated rings. The Morgan fingerprint density at radius 2 is 2.00 bits per heavy atom. The van der Waals surface area contributed by atoms with Gasteiger partial charge in [-0.3, -0.25) is 9.59 Å². The van der Waals surface area contributed by atoms with Crippen LogP contribution < -0.4 is 4.90 Å². The largest absolute Gasteiger partial charge is 0.481 e. The number of amides is 1. The van der Waals surface area contributed by atoms with Crippen molar-refractivity contribution in [3.63, 3.8) is 0 Å². The van der Waals surface area contributed by atoms with E-state index in [2.05, 4.69) is 4.99 Å². The number of fused-ring (bicyclic) bond motifs is 1. The Bertz CT molecular complexity index is 910. The van der Waals surface area contributed by atoms with Crippen molar-refractivity contribution >= 4 is 44.3 Å². The lowest BCUT2D eigenvalue weighted by atomic mass is 10.1. The lowest BCUT2D eigenvalue weighted by molar-refractivity contribution is -0.137. The summed E-state index contributed by atoms with van der Waals surface area (Å²) >= 11 is 1.33. The number of aryl methyl sites for hydroxylation is 2. The molecule has 1 N–H and O–H groups in total. The second kappa shape index (κ2) is 7.63. The van der Waals surface area contributed by atoms with Gasteiger partial charge in [0.1, 0.15) is 0 Å². The van der Waals surface area contributed by atoms with Crippen molar-refractivity contribution in [3.05, 3.63) is 29.3 Å². The molecular weight excluding hydrogens is 388 g/mol. The van der Waals surface area contributed by atoms with Crippen LogP contribution in [-0.4, -0.2) is 53.4 Å². The minimum absolute atomic E-state index is 0.0459. The predicted octanol–water partition coefficient (Wildman–Crippen LogP) is 2.16. The number of thioether (sulfide) groups is 1. The molecule has 27 heavy (non-hydrogen) atoms. The molecule has 1 aromatic carbocycles. The van der Waals surface area contributed by atoms with Crippen LogP contribution in [0.5, 0.6) is 0 Å². The first-order valence-electron chi connectivity index (χ1n) is 8.73. The first kappa shape index (κ1) is 19.9. The number of benzene rings is 1. The molecule has 0 aromatic heterocycles. The van der Waals surface area contributed by atoms with Crippen LogP contribution in [0.1, 0.15) is 30.4 Å². The fourth-order valence-electron chi connectivity index (χ4n) is 3.38. The Labute approximate surface area is 162 Å². The van der Waals surface area contributed by atoms with E-state index in [4.69, 9.17) is 5.11 Å². The van der Waals surface area contributed by atoms with Crippen molar-refractivity contribution in [1.29, 1.82) is 0 Å². The van der Waals surface area contributed by atoms with Gasteiger partial charge >= 0.3 is 5.97 Å². The Kier molecular flexibility index (Phi) is 5.62. The first-order chi connectivity index (χ1) is 12.7. The zero-order valence-corrected chi connectivity index (χ0v) is 16.8. The number of carboxylic acids is 1. The van der Waals surface area contributed by atoms with Gasteiger partial charge in [-0.2, -0.15) is 4.99 Å². The van der Waals surface area contributed by atoms with Crippen LogP contribution in [0.4, 0.5) is 5.69 Å². The average Bonchev–Trinajstić information content (AvgIpc) is 3.00. The summed E-state index contributed by atoms with van der Waals surface area (Å²) in [5.41, 5.74) is 2.89. The number of anilines is 1. The molecule has 2 aliphatic rings. The van der Waals surface area contributed by atoms with Gasteiger partial charge in [-0.15, -0.1) is 0 Å². The lowest BCUT2D eigenvalue weighted by Crippen LogP contribution is -2.38. The van der Waals surface area contributed by atoms with Crippen molar-refractivity contribution < 1.29 is 23.1 Å². The molecule has 2 heterocycles. The molecule has 0 saturated carbocycles. The molecule has 0 aliphatic carbocycles. The number of nitrogens with zero attached hydrogens (tertiary/aromatic N) is 2. The molecule has 3 rings (SSSR count). The number of rotatable bonds is 5. The Morgan fingerprint density at radius 1 is 1.26 bits per heavy atom. The van der Waals surface area contributed by atoms with Crippen LogP contribution in [0, 0.1) is 13.8 Å². The highest BCUT2D eigenvalue weighted by molar-refractivity contribution is 8.16. The topological polar surface area (TPSA) is 104 Å². The molecule has 1 aromatic rings. The number of sulfone groups is 1. The third-order valence-electron chi connectivity index (χ3n) is 4.69. The van der Waals surface area contributed by atoms with E-state index in [-0.39, 0.29) is 48.0 Å². The molecule has 0 spiro atoms. The van der Waals surface area contributed by atoms with Crippen molar-refractivity contribution in [2.45, 2.75) is 44.4 Å². The maximum absolute atomic E-state index is 12.2. The van der Waals surface area contributed by atoms with E-state index in [9.17, 15) is 18.0 Å². The highest BCUT2D eigenvalue weighted by atomic mass is 32.2. The molecule has 1 amide bonds. The standard InChI is InChI=1S/C18H22N2O5S2/c1-11-6-7-12(2)13(8-11)20-14-9-27(24,25)10-15(14)26-18(20)19-16(21)4-3-5-17(22)23/h6-8,14-15H,3-5,9-10H2,1-2H3,(H,22,23). The molecule has 2 aliphatic heterocycles. The molecule has 0 bridgehead atoms. The fraction of sp³-hybridized carbons (Fsp3) is 0.500. The molecule has 7 nitrogen and oxygen atoms in total. The monoisotopic (exact) mass is 410 g/mol. The zero-order chi connectivity index (χ0) is 19.8. The van der Waals surface area contributed by atoms with E-state index in [1.807, 2.05) is 36.9 Å². The summed E-state index contributed by atoms with van der Waals surface area (Å²) in [4.78, 5) is 28.9. The van der Waals surface area contributed by atoms with E-state index in [1.165, 1.54) is 11.8 Å². The third kappa shape index (κ3) is 4.52. The molecular formula is C18H22N2O5S2. The summed E-state index contributed by atoms with van der Waals surface area (Å²) in [7, 11) is -3.11. The highest BCUT2D eigenvalue weighted by Crippen LogP contribution is 2.42. The third-order valence-corrected chi connectivity index (χ3v) is 7.90. The number of carboxylic acid groups (broad SMARTS) is 1. The van der Waals surface area contributed by atoms with Gasteiger partial charge in [0.15, 0.2) is 15.0 Å². The molecule has 2 unspecified atom stereocenters. The SMILES string of the molecule is Cc1ccc(C)c(N2C(=NC(=O)CCCC(=O)O)SC3CS(=O)(=O)CC32)c1. The van der Waals surface area contributed by atoms with Crippen molar-refractivity contribution in [2.75, 3.05) is 16.4 Å². The van der Waals surface area contributed by atoms with E-state index in [1.54, 1.807) is 0 Å². The number of hydrogen-bond acceptors (Lipinski definition) is 5. The maximum Gasteiger partial charge on any atom is 0.303 e. The van der Waals surface area contributed by atoms with Crippen molar-refractivity contribution in [2.24, 2.45) is 4.99 Å². The van der Waals surface area contributed by atoms with Gasteiger partial charge < -0.3 is 10.0 Å². The molecule has 9 heteroatoms. The van der Waals surface area contributed by atoms with Crippen LogP contribution in [0.2, 0.25) is 0 Å². The zero-order valence-electron chi connectivity index (χ0n) is 15.2. The number of aliphatic carboxylic acids is 1. The van der Waals surface area contributed by atoms with E-state index >= 15 is 0 Å². The second-order valence-corrected chi connectivity index (χ2v) is 10.4. The van der Waals surface area contributed by atoms with E-state index in [0.717, 1.165) is 16.8 Å². The highest BCUT2D eigenvalue weighted by Gasteiger charge is 2.49. The molecule has 2 saturated heterocycles. The number of aliphatic imine (C=N–C) groups is 1. The Hall–Kier alpha value is -1.87. The summed E-state index contributed by atoms with van der Waals surface area (Å²) < 4.78 is 24.2. The van der Waals surface area contributed by atoms with E-state index in [0.29, 0.717) is 5.17 Å². The van der Waals surface area contributed by atoms with Gasteiger partial charge in [-0.25, -0.2) is 8.42 Å². The summed E-state index contributed by atoms with van der Waals surface area (Å²) in [6, 6.07) is 5.69. The average molecular weight is 411 g/mol. The van der Waals surface area contributed by atoms with Gasteiger partial charge in [0, 0.05) is 23.8 Å². The molecule has 0 radical (unpaired) electrons. The number of amidine groups is 1. The molecule has 2 atom stereocenters. The second-order valence-electron chi connectivity index (χ2n) is 7.00. The lowest BCUT2D eigenvalue weighted by Gasteiger charge is -2.26. The van der Waals surface area contributed by atoms with E-state index < -0.39 is 15.8 Å². The van der Waals surface area contributed by atoms with Crippen molar-refractivity contribution in [1.82, 2.24) is 0 Å². The Balaban J connectivity index is 1.91. The number of carbonyl (C=O) groups excluding carboxylic acids is 1. The van der Waals surface area contributed by atoms with Crippen LogP contribution in [0.3, 0.4) is 0 Å². The van der Waals surface area contributed by atoms with Gasteiger partial charge in [-0.05, 0) is 37.5 Å². The van der Waals surface area contributed by atoms with Crippen LogP contribution in [0.15, 0.2) is 23.2 Å². The summed E-state index contributed by atoms with van der Waals surface area (Å²) in [6.07, 6.45) is 0.221. The summed E-state index contributed by atoms with van der Waals surface area (Å²) in [5, 5.41) is 9.06. The quantitative estimate of drug-likeness (QED) is 0.793. The molecule has 146 valence electrons. The number of hydrogen-bond donors (Lipinski definition) is 1. The van der Waals surface area contributed by atoms with Gasteiger partial charge in [0.25, 0.3) is 0 Å². The van der Waals surface area contributed by atoms with Crippen LogP contribution >= 0.6 is 11.8 Å². The minimum atomic E-state index is -3.11. The van der Waals surface area contributed by atoms with Gasteiger partial charge in [-0.1, -0.05) is 23.9 Å². The number of carbonyl (C=O) groups is 2. The van der Waals surface area contributed by atoms with Gasteiger partial charge in [0.2, 0.25) is 5.91 Å². The summed E-state index contributed by atoms with van der Waals surface area (Å²) in [5.74, 6) is -1.19. The normalized spacial score (nSPS) is 25.0. The van der Waals surface area contributed by atoms with Gasteiger partial charge in [0.05, 0.1) is 17.5 Å². The predicted molar refractivity (Wildman–Crippen MR) is 106 cm³/mol. The van der Waals surface area contributed by atoms with Crippen LogP contribution in [-0.2, 0) is 19.4 Å². The minimum Gasteiger partial charge on any atom is -0.481 e. The maximum atomic E-state index is 12.2. The van der Waals surface area contributed by atoms with Crippen molar-refractivity contribution in [3.8, 4) is 0 Å². The summed E-state index contributed by atoms with van der Waals surface area (Å²) in [6.45, 7) is 3.91.